The van der Waals surface area contributed by atoms with Crippen molar-refractivity contribution in [2.75, 3.05) is 19.6 Å². The molecule has 1 aromatic heterocycles. The van der Waals surface area contributed by atoms with Gasteiger partial charge >= 0.3 is 0 Å². The van der Waals surface area contributed by atoms with Gasteiger partial charge in [-0.05, 0) is 31.0 Å². The predicted octanol–water partition coefficient (Wildman–Crippen LogP) is 1.62. The largest absolute Gasteiger partial charge is 0.337 e. The van der Waals surface area contributed by atoms with E-state index in [2.05, 4.69) is 5.10 Å². The molecule has 2 heterocycles. The Morgan fingerprint density at radius 2 is 2.12 bits per heavy atom. The number of carbonyl (C=O) groups excluding carboxylic acids is 1. The second kappa shape index (κ2) is 7.41. The summed E-state index contributed by atoms with van der Waals surface area (Å²) in [6, 6.07) is 7.87. The van der Waals surface area contributed by atoms with E-state index < -0.39 is 4.92 Å². The van der Waals surface area contributed by atoms with Gasteiger partial charge in [-0.1, -0.05) is 12.1 Å². The first-order valence-corrected chi connectivity index (χ1v) is 7.39. The number of aromatic nitrogens is 2. The summed E-state index contributed by atoms with van der Waals surface area (Å²) in [5.41, 5.74) is 6.19. The van der Waals surface area contributed by atoms with Crippen LogP contribution in [0, 0.1) is 16.0 Å². The Morgan fingerprint density at radius 1 is 1.38 bits per heavy atom. The fourth-order valence-electron chi connectivity index (χ4n) is 2.76. The number of nitrogens with two attached hydrogens (primary N) is 1. The average Bonchev–Trinajstić information content (AvgIpc) is 3.23. The number of amides is 1. The van der Waals surface area contributed by atoms with Gasteiger partial charge in [-0.3, -0.25) is 14.9 Å². The molecular formula is C15H18ClN5O3. The van der Waals surface area contributed by atoms with Gasteiger partial charge in [0, 0.05) is 25.4 Å². The summed E-state index contributed by atoms with van der Waals surface area (Å²) in [5.74, 6) is 0.162. The van der Waals surface area contributed by atoms with Gasteiger partial charge in [-0.2, -0.15) is 5.10 Å². The van der Waals surface area contributed by atoms with Crippen LogP contribution in [0.5, 0.6) is 0 Å². The van der Waals surface area contributed by atoms with E-state index in [0.717, 1.165) is 6.42 Å². The fraction of sp³-hybridized carbons (Fsp3) is 0.333. The van der Waals surface area contributed by atoms with Crippen LogP contribution < -0.4 is 5.73 Å². The smallest absolute Gasteiger partial charge is 0.294 e. The number of likely N-dealkylation sites (tertiary alicyclic amines) is 1. The lowest BCUT2D eigenvalue weighted by Crippen LogP contribution is -2.30. The normalized spacial score (nSPS) is 16.7. The quantitative estimate of drug-likeness (QED) is 0.665. The van der Waals surface area contributed by atoms with Crippen LogP contribution in [0.3, 0.4) is 0 Å². The monoisotopic (exact) mass is 351 g/mol. The highest BCUT2D eigenvalue weighted by molar-refractivity contribution is 5.92. The minimum atomic E-state index is -0.467. The average molecular weight is 352 g/mol. The van der Waals surface area contributed by atoms with Crippen LogP contribution in [0.1, 0.15) is 16.9 Å². The van der Waals surface area contributed by atoms with Crippen LogP contribution in [-0.2, 0) is 0 Å². The second-order valence-corrected chi connectivity index (χ2v) is 5.53. The minimum absolute atomic E-state index is 0. The number of benzene rings is 1. The van der Waals surface area contributed by atoms with Gasteiger partial charge in [0.1, 0.15) is 5.69 Å². The zero-order valence-electron chi connectivity index (χ0n) is 12.9. The number of nitrogens with zero attached hydrogens (tertiary/aromatic N) is 4. The zero-order valence-corrected chi connectivity index (χ0v) is 13.7. The zero-order chi connectivity index (χ0) is 16.4. The van der Waals surface area contributed by atoms with E-state index in [1.807, 2.05) is 0 Å². The summed E-state index contributed by atoms with van der Waals surface area (Å²) in [4.78, 5) is 24.8. The second-order valence-electron chi connectivity index (χ2n) is 5.53. The van der Waals surface area contributed by atoms with Gasteiger partial charge < -0.3 is 10.6 Å². The summed E-state index contributed by atoms with van der Waals surface area (Å²) < 4.78 is 1.36. The molecule has 9 heteroatoms. The number of hydrogen-bond donors (Lipinski definition) is 1. The highest BCUT2D eigenvalue weighted by Gasteiger charge is 2.27. The lowest BCUT2D eigenvalue weighted by atomic mass is 10.1. The van der Waals surface area contributed by atoms with Crippen LogP contribution in [-0.4, -0.2) is 45.1 Å². The Bertz CT molecular complexity index is 748. The van der Waals surface area contributed by atoms with Crippen molar-refractivity contribution in [2.24, 2.45) is 11.7 Å². The highest BCUT2D eigenvalue weighted by Crippen LogP contribution is 2.22. The first-order valence-electron chi connectivity index (χ1n) is 7.39. The van der Waals surface area contributed by atoms with Crippen molar-refractivity contribution < 1.29 is 9.72 Å². The fourth-order valence-corrected chi connectivity index (χ4v) is 2.76. The molecule has 128 valence electrons. The molecule has 0 spiro atoms. The van der Waals surface area contributed by atoms with Gasteiger partial charge in [0.25, 0.3) is 11.6 Å². The molecule has 2 aromatic rings. The molecule has 8 nitrogen and oxygen atoms in total. The third kappa shape index (κ3) is 3.39. The Hall–Kier alpha value is -2.45. The maximum absolute atomic E-state index is 12.4. The third-order valence-electron chi connectivity index (χ3n) is 4.04. The van der Waals surface area contributed by atoms with Crippen LogP contribution in [0.15, 0.2) is 36.5 Å². The lowest BCUT2D eigenvalue weighted by Gasteiger charge is -2.14. The van der Waals surface area contributed by atoms with Crippen molar-refractivity contribution in [2.45, 2.75) is 6.42 Å². The van der Waals surface area contributed by atoms with Crippen molar-refractivity contribution >= 4 is 24.0 Å². The van der Waals surface area contributed by atoms with E-state index in [9.17, 15) is 14.9 Å². The summed E-state index contributed by atoms with van der Waals surface area (Å²) in [7, 11) is 0. The van der Waals surface area contributed by atoms with Crippen molar-refractivity contribution in [1.82, 2.24) is 14.7 Å². The number of rotatable bonds is 4. The van der Waals surface area contributed by atoms with Crippen molar-refractivity contribution in [3.8, 4) is 5.69 Å². The van der Waals surface area contributed by atoms with Crippen LogP contribution in [0.2, 0.25) is 0 Å². The van der Waals surface area contributed by atoms with Gasteiger partial charge in [0.15, 0.2) is 5.69 Å². The Balaban J connectivity index is 0.00000208. The molecule has 1 aliphatic rings. The molecule has 3 rings (SSSR count). The van der Waals surface area contributed by atoms with E-state index in [1.165, 1.54) is 10.7 Å². The van der Waals surface area contributed by atoms with Crippen molar-refractivity contribution in [1.29, 1.82) is 0 Å². The number of nitro benzene ring substituents is 1. The molecule has 1 unspecified atom stereocenters. The molecular weight excluding hydrogens is 334 g/mol. The summed E-state index contributed by atoms with van der Waals surface area (Å²) in [6.07, 6.45) is 2.46. The minimum Gasteiger partial charge on any atom is -0.337 e. The Kier molecular flexibility index (Phi) is 5.53. The standard InChI is InChI=1S/C15H17N5O3.ClH/c16-9-11-5-7-18(10-11)15(21)12-6-8-19(17-12)13-3-1-2-4-14(13)20(22)23;/h1-4,6,8,11H,5,7,9-10,16H2;1H. The molecule has 0 saturated carbocycles. The molecule has 0 bridgehead atoms. The molecule has 24 heavy (non-hydrogen) atoms. The molecule has 1 saturated heterocycles. The number of hydrogen-bond acceptors (Lipinski definition) is 5. The number of halogens is 1. The highest BCUT2D eigenvalue weighted by atomic mass is 35.5. The molecule has 1 aliphatic heterocycles. The van der Waals surface area contributed by atoms with Crippen LogP contribution in [0.25, 0.3) is 5.69 Å². The van der Waals surface area contributed by atoms with E-state index in [-0.39, 0.29) is 29.7 Å². The molecule has 1 fully saturated rings. The summed E-state index contributed by atoms with van der Waals surface area (Å²) >= 11 is 0. The third-order valence-corrected chi connectivity index (χ3v) is 4.04. The molecule has 1 amide bonds. The number of nitro groups is 1. The summed E-state index contributed by atoms with van der Waals surface area (Å²) in [6.45, 7) is 1.86. The van der Waals surface area contributed by atoms with Gasteiger partial charge in [0.05, 0.1) is 4.92 Å². The van der Waals surface area contributed by atoms with Gasteiger partial charge in [-0.15, -0.1) is 12.4 Å². The van der Waals surface area contributed by atoms with Crippen LogP contribution in [0.4, 0.5) is 5.69 Å². The van der Waals surface area contributed by atoms with E-state index in [0.29, 0.717) is 31.2 Å². The van der Waals surface area contributed by atoms with Gasteiger partial charge in [0.2, 0.25) is 0 Å². The summed E-state index contributed by atoms with van der Waals surface area (Å²) in [5, 5.41) is 15.3. The van der Waals surface area contributed by atoms with Crippen molar-refractivity contribution in [3.63, 3.8) is 0 Å². The van der Waals surface area contributed by atoms with Gasteiger partial charge in [-0.25, -0.2) is 4.68 Å². The van der Waals surface area contributed by atoms with Crippen molar-refractivity contribution in [3.05, 3.63) is 52.3 Å². The molecule has 0 aliphatic carbocycles. The first kappa shape index (κ1) is 17.9. The maximum atomic E-state index is 12.4. The number of carbonyl (C=O) groups is 1. The molecule has 1 atom stereocenters. The van der Waals surface area contributed by atoms with E-state index in [1.54, 1.807) is 35.4 Å². The van der Waals surface area contributed by atoms with E-state index >= 15 is 0 Å². The Labute approximate surface area is 144 Å². The number of para-hydroxylation sites is 2. The van der Waals surface area contributed by atoms with Crippen LogP contribution >= 0.6 is 12.4 Å². The predicted molar refractivity (Wildman–Crippen MR) is 90.5 cm³/mol. The maximum Gasteiger partial charge on any atom is 0.294 e. The molecule has 2 N–H and O–H groups in total. The molecule has 0 radical (unpaired) electrons. The SMILES string of the molecule is Cl.NCC1CCN(C(=O)c2ccn(-c3ccccc3[N+](=O)[O-])n2)C1. The van der Waals surface area contributed by atoms with E-state index in [4.69, 9.17) is 5.73 Å². The lowest BCUT2D eigenvalue weighted by molar-refractivity contribution is -0.384. The Morgan fingerprint density at radius 3 is 2.79 bits per heavy atom. The topological polar surface area (TPSA) is 107 Å². The molecule has 1 aromatic carbocycles. The first-order chi connectivity index (χ1) is 11.1.